The fraction of sp³-hybridized carbons (Fsp3) is 0.333. The van der Waals surface area contributed by atoms with Crippen LogP contribution in [0.1, 0.15) is 16.9 Å². The van der Waals surface area contributed by atoms with Crippen molar-refractivity contribution in [1.29, 1.82) is 0 Å². The molecule has 4 nitrogen and oxygen atoms in total. The molecule has 6 heteroatoms. The molecule has 1 aromatic carbocycles. The molecule has 2 aromatic rings. The van der Waals surface area contributed by atoms with Gasteiger partial charge < -0.3 is 10.4 Å². The van der Waals surface area contributed by atoms with Crippen molar-refractivity contribution >= 4 is 21.2 Å². The number of hydrogen-bond acceptors (Lipinski definition) is 5. The van der Waals surface area contributed by atoms with Crippen LogP contribution < -0.4 is 5.32 Å². The zero-order valence-corrected chi connectivity index (χ0v) is 13.1. The monoisotopic (exact) mass is 323 g/mol. The number of aliphatic hydroxyl groups is 1. The standard InChI is InChI=1S/C15H17NO3S2/c17-11-15(16-10-12-4-3-8-20-12)7-9-21(18,19)14-6-2-1-5-13(14)15/h1-6,8,16-17H,7,9-11H2. The fourth-order valence-electron chi connectivity index (χ4n) is 2.76. The summed E-state index contributed by atoms with van der Waals surface area (Å²) in [7, 11) is -3.24. The van der Waals surface area contributed by atoms with Gasteiger partial charge in [0.25, 0.3) is 0 Å². The zero-order valence-electron chi connectivity index (χ0n) is 11.5. The first-order chi connectivity index (χ1) is 10.1. The van der Waals surface area contributed by atoms with Crippen LogP contribution in [0.5, 0.6) is 0 Å². The van der Waals surface area contributed by atoms with Crippen molar-refractivity contribution in [3.05, 3.63) is 52.2 Å². The van der Waals surface area contributed by atoms with Gasteiger partial charge in [-0.15, -0.1) is 11.3 Å². The van der Waals surface area contributed by atoms with Crippen molar-refractivity contribution in [3.8, 4) is 0 Å². The van der Waals surface area contributed by atoms with E-state index in [0.717, 1.165) is 4.88 Å². The highest BCUT2D eigenvalue weighted by Crippen LogP contribution is 2.37. The minimum Gasteiger partial charge on any atom is -0.394 e. The van der Waals surface area contributed by atoms with Gasteiger partial charge in [0.05, 0.1) is 22.8 Å². The van der Waals surface area contributed by atoms with Gasteiger partial charge >= 0.3 is 0 Å². The molecule has 0 bridgehead atoms. The van der Waals surface area contributed by atoms with E-state index in [0.29, 0.717) is 23.4 Å². The Morgan fingerprint density at radius 2 is 2.05 bits per heavy atom. The maximum absolute atomic E-state index is 12.2. The quantitative estimate of drug-likeness (QED) is 0.902. The molecule has 2 N–H and O–H groups in total. The molecule has 0 saturated carbocycles. The molecular weight excluding hydrogens is 306 g/mol. The molecule has 1 aromatic heterocycles. The second-order valence-corrected chi connectivity index (χ2v) is 8.35. The number of benzene rings is 1. The Hall–Kier alpha value is -1.21. The summed E-state index contributed by atoms with van der Waals surface area (Å²) in [6.07, 6.45) is 0.383. The molecule has 2 heterocycles. The first-order valence-electron chi connectivity index (χ1n) is 6.78. The van der Waals surface area contributed by atoms with Gasteiger partial charge in [-0.2, -0.15) is 0 Å². The highest BCUT2D eigenvalue weighted by atomic mass is 32.2. The molecule has 0 aliphatic carbocycles. The SMILES string of the molecule is O=S1(=O)CCC(CO)(NCc2cccs2)c2ccccc21. The molecule has 0 amide bonds. The van der Waals surface area contributed by atoms with Crippen molar-refractivity contribution in [2.45, 2.75) is 23.4 Å². The lowest BCUT2D eigenvalue weighted by Crippen LogP contribution is -2.49. The molecule has 1 unspecified atom stereocenters. The Morgan fingerprint density at radius 1 is 1.24 bits per heavy atom. The third-order valence-electron chi connectivity index (χ3n) is 3.99. The Labute approximate surface area is 128 Å². The van der Waals surface area contributed by atoms with E-state index >= 15 is 0 Å². The molecule has 1 aliphatic rings. The van der Waals surface area contributed by atoms with Crippen molar-refractivity contribution < 1.29 is 13.5 Å². The zero-order chi connectivity index (χ0) is 14.9. The number of thiophene rings is 1. The van der Waals surface area contributed by atoms with Gasteiger partial charge in [0, 0.05) is 11.4 Å². The predicted octanol–water partition coefficient (Wildman–Crippen LogP) is 1.90. The summed E-state index contributed by atoms with van der Waals surface area (Å²) in [4.78, 5) is 1.50. The number of aliphatic hydroxyl groups excluding tert-OH is 1. The topological polar surface area (TPSA) is 66.4 Å². The molecule has 1 atom stereocenters. The van der Waals surface area contributed by atoms with E-state index in [1.54, 1.807) is 29.5 Å². The number of nitrogens with one attached hydrogen (secondary N) is 1. The van der Waals surface area contributed by atoms with Gasteiger partial charge in [-0.3, -0.25) is 0 Å². The van der Waals surface area contributed by atoms with Crippen LogP contribution in [-0.4, -0.2) is 25.9 Å². The number of fused-ring (bicyclic) bond motifs is 1. The minimum atomic E-state index is -3.24. The van der Waals surface area contributed by atoms with Gasteiger partial charge in [-0.1, -0.05) is 24.3 Å². The van der Waals surface area contributed by atoms with E-state index in [1.165, 1.54) is 0 Å². The molecule has 21 heavy (non-hydrogen) atoms. The van der Waals surface area contributed by atoms with E-state index in [1.807, 2.05) is 23.6 Å². The van der Waals surface area contributed by atoms with E-state index in [2.05, 4.69) is 5.32 Å². The Bertz CT molecular complexity index is 725. The molecule has 1 aliphatic heterocycles. The van der Waals surface area contributed by atoms with E-state index in [9.17, 15) is 13.5 Å². The molecule has 0 radical (unpaired) electrons. The summed E-state index contributed by atoms with van der Waals surface area (Å²) in [5.41, 5.74) is -0.0124. The molecule has 0 saturated heterocycles. The summed E-state index contributed by atoms with van der Waals surface area (Å²) in [5, 5.41) is 15.3. The van der Waals surface area contributed by atoms with Crippen LogP contribution in [0.3, 0.4) is 0 Å². The van der Waals surface area contributed by atoms with Gasteiger partial charge in [0.1, 0.15) is 0 Å². The van der Waals surface area contributed by atoms with Crippen LogP contribution in [0.25, 0.3) is 0 Å². The fourth-order valence-corrected chi connectivity index (χ4v) is 5.13. The highest BCUT2D eigenvalue weighted by molar-refractivity contribution is 7.91. The normalized spacial score (nSPS) is 23.7. The molecular formula is C15H17NO3S2. The summed E-state index contributed by atoms with van der Waals surface area (Å²) >= 11 is 1.64. The minimum absolute atomic E-state index is 0.0576. The van der Waals surface area contributed by atoms with Crippen molar-refractivity contribution in [1.82, 2.24) is 5.32 Å². The first-order valence-corrected chi connectivity index (χ1v) is 9.31. The van der Waals surface area contributed by atoms with E-state index < -0.39 is 15.4 Å². The smallest absolute Gasteiger partial charge is 0.178 e. The summed E-state index contributed by atoms with van der Waals surface area (Å²) in [6, 6.07) is 11.0. The summed E-state index contributed by atoms with van der Waals surface area (Å²) in [5.74, 6) is 0.0576. The van der Waals surface area contributed by atoms with Crippen molar-refractivity contribution in [3.63, 3.8) is 0 Å². The maximum Gasteiger partial charge on any atom is 0.178 e. The summed E-state index contributed by atoms with van der Waals surface area (Å²) < 4.78 is 24.4. The molecule has 0 spiro atoms. The van der Waals surface area contributed by atoms with Gasteiger partial charge in [-0.25, -0.2) is 8.42 Å². The average Bonchev–Trinajstić information content (AvgIpc) is 3.01. The second-order valence-electron chi connectivity index (χ2n) is 5.24. The predicted molar refractivity (Wildman–Crippen MR) is 83.0 cm³/mol. The number of hydrogen-bond donors (Lipinski definition) is 2. The molecule has 3 rings (SSSR count). The molecule has 0 fully saturated rings. The third kappa shape index (κ3) is 2.64. The Balaban J connectivity index is 1.98. The number of sulfone groups is 1. The first kappa shape index (κ1) is 14.7. The van der Waals surface area contributed by atoms with Crippen molar-refractivity contribution in [2.24, 2.45) is 0 Å². The van der Waals surface area contributed by atoms with E-state index in [4.69, 9.17) is 0 Å². The Kier molecular flexibility index (Phi) is 3.88. The third-order valence-corrected chi connectivity index (χ3v) is 6.63. The molecule has 112 valence electrons. The van der Waals surface area contributed by atoms with Crippen LogP contribution in [-0.2, 0) is 21.9 Å². The van der Waals surface area contributed by atoms with Crippen LogP contribution in [0.2, 0.25) is 0 Å². The number of rotatable bonds is 4. The lowest BCUT2D eigenvalue weighted by atomic mass is 9.87. The van der Waals surface area contributed by atoms with Gasteiger partial charge in [0.15, 0.2) is 9.84 Å². The van der Waals surface area contributed by atoms with Crippen LogP contribution in [0.4, 0.5) is 0 Å². The maximum atomic E-state index is 12.2. The van der Waals surface area contributed by atoms with Crippen LogP contribution >= 0.6 is 11.3 Å². The van der Waals surface area contributed by atoms with Crippen LogP contribution in [0, 0.1) is 0 Å². The van der Waals surface area contributed by atoms with E-state index in [-0.39, 0.29) is 12.4 Å². The van der Waals surface area contributed by atoms with Gasteiger partial charge in [0.2, 0.25) is 0 Å². The lowest BCUT2D eigenvalue weighted by Gasteiger charge is -2.38. The average molecular weight is 323 g/mol. The Morgan fingerprint density at radius 3 is 2.76 bits per heavy atom. The van der Waals surface area contributed by atoms with Crippen LogP contribution in [0.15, 0.2) is 46.7 Å². The lowest BCUT2D eigenvalue weighted by molar-refractivity contribution is 0.150. The largest absolute Gasteiger partial charge is 0.394 e. The van der Waals surface area contributed by atoms with Gasteiger partial charge in [-0.05, 0) is 29.5 Å². The summed E-state index contributed by atoms with van der Waals surface area (Å²) in [6.45, 7) is 0.498. The van der Waals surface area contributed by atoms with Crippen molar-refractivity contribution in [2.75, 3.05) is 12.4 Å². The second kappa shape index (κ2) is 5.53. The highest BCUT2D eigenvalue weighted by Gasteiger charge is 2.41.